The fraction of sp³-hybridized carbons (Fsp3) is 0.121. The van der Waals surface area contributed by atoms with E-state index in [1.54, 1.807) is 42.5 Å². The summed E-state index contributed by atoms with van der Waals surface area (Å²) >= 11 is 1.16. The Bertz CT molecular complexity index is 1720. The largest absolute Gasteiger partial charge is 0.497 e. The molecule has 3 amide bonds. The number of ether oxygens (including phenoxy) is 2. The van der Waals surface area contributed by atoms with Gasteiger partial charge in [0, 0.05) is 22.3 Å². The quantitative estimate of drug-likeness (QED) is 0.217. The number of aryl methyl sites for hydroxylation is 2. The van der Waals surface area contributed by atoms with Gasteiger partial charge < -0.3 is 20.1 Å². The first-order chi connectivity index (χ1) is 20.3. The third-order valence-corrected chi connectivity index (χ3v) is 7.87. The van der Waals surface area contributed by atoms with E-state index in [9.17, 15) is 14.4 Å². The lowest BCUT2D eigenvalue weighted by molar-refractivity contribution is -0.120. The molecule has 42 heavy (non-hydrogen) atoms. The van der Waals surface area contributed by atoms with Crippen LogP contribution < -0.4 is 25.0 Å². The van der Waals surface area contributed by atoms with Crippen molar-refractivity contribution in [2.75, 3.05) is 29.8 Å². The zero-order chi connectivity index (χ0) is 29.8. The van der Waals surface area contributed by atoms with Gasteiger partial charge in [-0.25, -0.2) is 4.90 Å². The second kappa shape index (κ2) is 12.2. The van der Waals surface area contributed by atoms with Crippen LogP contribution in [0.15, 0.2) is 106 Å². The molecular formula is C33H29N3O5S. The smallest absolute Gasteiger partial charge is 0.283 e. The molecule has 0 atom stereocenters. The van der Waals surface area contributed by atoms with Crippen molar-refractivity contribution in [1.29, 1.82) is 0 Å². The molecule has 0 aromatic heterocycles. The van der Waals surface area contributed by atoms with Crippen LogP contribution >= 0.6 is 11.8 Å². The van der Waals surface area contributed by atoms with Crippen LogP contribution in [-0.2, 0) is 9.59 Å². The van der Waals surface area contributed by atoms with Crippen LogP contribution in [0.25, 0.3) is 0 Å². The van der Waals surface area contributed by atoms with Gasteiger partial charge in [0.05, 0.1) is 25.5 Å². The van der Waals surface area contributed by atoms with Crippen LogP contribution in [0.4, 0.5) is 17.1 Å². The highest BCUT2D eigenvalue weighted by molar-refractivity contribution is 8.04. The zero-order valence-electron chi connectivity index (χ0n) is 23.6. The molecule has 4 aromatic rings. The van der Waals surface area contributed by atoms with Crippen molar-refractivity contribution in [2.45, 2.75) is 18.7 Å². The van der Waals surface area contributed by atoms with Crippen LogP contribution in [0.5, 0.6) is 11.5 Å². The van der Waals surface area contributed by atoms with Crippen LogP contribution in [0.1, 0.15) is 21.5 Å². The topological polar surface area (TPSA) is 97.0 Å². The van der Waals surface area contributed by atoms with E-state index >= 15 is 0 Å². The molecule has 0 saturated heterocycles. The van der Waals surface area contributed by atoms with Gasteiger partial charge in [0.25, 0.3) is 17.7 Å². The Hall–Kier alpha value is -5.02. The number of nitrogens with zero attached hydrogens (tertiary/aromatic N) is 1. The number of para-hydroxylation sites is 1. The van der Waals surface area contributed by atoms with Gasteiger partial charge in [0.15, 0.2) is 0 Å². The molecule has 5 rings (SSSR count). The number of anilines is 3. The molecule has 0 unspecified atom stereocenters. The normalized spacial score (nSPS) is 12.9. The van der Waals surface area contributed by atoms with Gasteiger partial charge in [-0.15, -0.1) is 0 Å². The number of hydrogen-bond acceptors (Lipinski definition) is 7. The Balaban J connectivity index is 1.44. The van der Waals surface area contributed by atoms with E-state index in [1.165, 1.54) is 19.1 Å². The van der Waals surface area contributed by atoms with Crippen LogP contribution in [-0.4, -0.2) is 31.9 Å². The van der Waals surface area contributed by atoms with Gasteiger partial charge >= 0.3 is 0 Å². The minimum Gasteiger partial charge on any atom is -0.497 e. The molecule has 4 aromatic carbocycles. The third-order valence-electron chi connectivity index (χ3n) is 6.80. The fourth-order valence-corrected chi connectivity index (χ4v) is 5.41. The first-order valence-corrected chi connectivity index (χ1v) is 13.9. The molecule has 2 N–H and O–H groups in total. The summed E-state index contributed by atoms with van der Waals surface area (Å²) in [6, 6.07) is 26.8. The van der Waals surface area contributed by atoms with E-state index < -0.39 is 11.8 Å². The number of imide groups is 1. The van der Waals surface area contributed by atoms with Crippen LogP contribution in [0.3, 0.4) is 0 Å². The summed E-state index contributed by atoms with van der Waals surface area (Å²) in [7, 11) is 3.02. The molecule has 9 heteroatoms. The van der Waals surface area contributed by atoms with Gasteiger partial charge in [-0.3, -0.25) is 14.4 Å². The van der Waals surface area contributed by atoms with Gasteiger partial charge in [0.2, 0.25) is 0 Å². The Morgan fingerprint density at radius 2 is 1.52 bits per heavy atom. The molecule has 212 valence electrons. The van der Waals surface area contributed by atoms with Gasteiger partial charge in [0.1, 0.15) is 22.1 Å². The van der Waals surface area contributed by atoms with Crippen molar-refractivity contribution in [1.82, 2.24) is 0 Å². The van der Waals surface area contributed by atoms with Gasteiger partial charge in [-0.05, 0) is 79.6 Å². The van der Waals surface area contributed by atoms with Crippen molar-refractivity contribution < 1.29 is 23.9 Å². The Kier molecular flexibility index (Phi) is 8.31. The molecular weight excluding hydrogens is 550 g/mol. The number of thioether (sulfide) groups is 1. The van der Waals surface area contributed by atoms with Crippen molar-refractivity contribution in [3.63, 3.8) is 0 Å². The van der Waals surface area contributed by atoms with E-state index in [2.05, 4.69) is 10.6 Å². The second-order valence-electron chi connectivity index (χ2n) is 9.56. The highest BCUT2D eigenvalue weighted by atomic mass is 32.2. The summed E-state index contributed by atoms with van der Waals surface area (Å²) in [5.74, 6) is -0.286. The summed E-state index contributed by atoms with van der Waals surface area (Å²) in [6.07, 6.45) is 0. The lowest BCUT2D eigenvalue weighted by Crippen LogP contribution is -2.32. The summed E-state index contributed by atoms with van der Waals surface area (Å²) in [5, 5.41) is 6.05. The number of rotatable bonds is 9. The minimum atomic E-state index is -0.439. The second-order valence-corrected chi connectivity index (χ2v) is 10.6. The first-order valence-electron chi connectivity index (χ1n) is 13.1. The van der Waals surface area contributed by atoms with Crippen molar-refractivity contribution >= 4 is 46.5 Å². The highest BCUT2D eigenvalue weighted by Gasteiger charge is 2.40. The van der Waals surface area contributed by atoms with E-state index in [0.29, 0.717) is 39.0 Å². The van der Waals surface area contributed by atoms with E-state index in [0.717, 1.165) is 22.9 Å². The predicted octanol–water partition coefficient (Wildman–Crippen LogP) is 6.56. The summed E-state index contributed by atoms with van der Waals surface area (Å²) in [5.41, 5.74) is 4.27. The van der Waals surface area contributed by atoms with Crippen molar-refractivity contribution in [3.8, 4) is 11.5 Å². The highest BCUT2D eigenvalue weighted by Crippen LogP contribution is 2.39. The predicted molar refractivity (Wildman–Crippen MR) is 165 cm³/mol. The van der Waals surface area contributed by atoms with E-state index in [1.807, 2.05) is 62.4 Å². The molecule has 0 spiro atoms. The Morgan fingerprint density at radius 1 is 0.762 bits per heavy atom. The summed E-state index contributed by atoms with van der Waals surface area (Å²) in [4.78, 5) is 42.7. The number of methoxy groups -OCH3 is 2. The number of benzene rings is 4. The molecule has 1 aliphatic rings. The van der Waals surface area contributed by atoms with Crippen LogP contribution in [0.2, 0.25) is 0 Å². The third kappa shape index (κ3) is 5.87. The lowest BCUT2D eigenvalue weighted by atomic mass is 10.1. The minimum absolute atomic E-state index is 0.187. The summed E-state index contributed by atoms with van der Waals surface area (Å²) < 4.78 is 10.6. The number of hydrogen-bond donors (Lipinski definition) is 2. The molecule has 0 aliphatic carbocycles. The average Bonchev–Trinajstić information content (AvgIpc) is 3.22. The number of nitrogens with one attached hydrogen (secondary N) is 2. The number of carbonyl (C=O) groups is 3. The van der Waals surface area contributed by atoms with Crippen LogP contribution in [0, 0.1) is 13.8 Å². The Morgan fingerprint density at radius 3 is 2.24 bits per heavy atom. The Labute approximate surface area is 248 Å². The van der Waals surface area contributed by atoms with Gasteiger partial charge in [-0.1, -0.05) is 42.1 Å². The molecule has 1 heterocycles. The molecule has 0 bridgehead atoms. The maximum Gasteiger partial charge on any atom is 0.283 e. The SMILES string of the molecule is COc1ccc(C(=O)Nc2cccc(SC3=C(Nc4ccccc4)C(=O)N(c4ccc(C)c(C)c4)C3=O)c2)c(OC)c1. The molecule has 1 aliphatic heterocycles. The standard InChI is InChI=1S/C33H29N3O5S/c1-20-13-14-24(17-21(20)2)36-32(38)29(34-22-9-6-5-7-10-22)30(33(36)39)42-26-12-8-11-23(18-26)35-31(37)27-16-15-25(40-3)19-28(27)41-4/h5-19,34H,1-4H3,(H,35,37). The zero-order valence-corrected chi connectivity index (χ0v) is 24.4. The van der Waals surface area contributed by atoms with E-state index in [4.69, 9.17) is 9.47 Å². The number of amides is 3. The monoisotopic (exact) mass is 579 g/mol. The van der Waals surface area contributed by atoms with Gasteiger partial charge in [-0.2, -0.15) is 0 Å². The lowest BCUT2D eigenvalue weighted by Gasteiger charge is -2.16. The molecule has 8 nitrogen and oxygen atoms in total. The fourth-order valence-electron chi connectivity index (χ4n) is 4.42. The summed E-state index contributed by atoms with van der Waals surface area (Å²) in [6.45, 7) is 3.92. The maximum absolute atomic E-state index is 13.8. The van der Waals surface area contributed by atoms with Crippen molar-refractivity contribution in [3.05, 3.63) is 118 Å². The van der Waals surface area contributed by atoms with E-state index in [-0.39, 0.29) is 16.5 Å². The first kappa shape index (κ1) is 28.5. The molecule has 0 radical (unpaired) electrons. The average molecular weight is 580 g/mol. The maximum atomic E-state index is 13.8. The number of carbonyl (C=O) groups excluding carboxylic acids is 3. The van der Waals surface area contributed by atoms with Crippen molar-refractivity contribution in [2.24, 2.45) is 0 Å². The molecule has 0 fully saturated rings. The molecule has 0 saturated carbocycles.